The molecule has 2 rings (SSSR count). The molecular formula is C10H13NO4. The summed E-state index contributed by atoms with van der Waals surface area (Å²) in [6.45, 7) is 1.45. The van der Waals surface area contributed by atoms with E-state index >= 15 is 0 Å². The molecule has 1 aliphatic rings. The third-order valence-corrected chi connectivity index (χ3v) is 2.47. The molecule has 0 amide bonds. The zero-order valence-corrected chi connectivity index (χ0v) is 8.31. The normalized spacial score (nSPS) is 20.7. The van der Waals surface area contributed by atoms with Gasteiger partial charge in [0.05, 0.1) is 18.7 Å². The van der Waals surface area contributed by atoms with Gasteiger partial charge >= 0.3 is 5.97 Å². The Hall–Kier alpha value is -1.36. The molecule has 5 nitrogen and oxygen atoms in total. The van der Waals surface area contributed by atoms with Crippen molar-refractivity contribution in [3.63, 3.8) is 0 Å². The molecule has 0 saturated carbocycles. The van der Waals surface area contributed by atoms with Crippen molar-refractivity contribution >= 4 is 5.97 Å². The molecule has 1 unspecified atom stereocenters. The summed E-state index contributed by atoms with van der Waals surface area (Å²) in [5, 5.41) is 8.50. The predicted molar refractivity (Wildman–Crippen MR) is 50.6 cm³/mol. The molecule has 5 heteroatoms. The number of hydrogen-bond acceptors (Lipinski definition) is 4. The van der Waals surface area contributed by atoms with Crippen LogP contribution in [0.5, 0.6) is 0 Å². The Labute approximate surface area is 87.1 Å². The summed E-state index contributed by atoms with van der Waals surface area (Å²) in [6.07, 6.45) is 2.98. The van der Waals surface area contributed by atoms with Crippen molar-refractivity contribution in [2.45, 2.75) is 25.2 Å². The number of carboxylic acid groups (broad SMARTS) is 1. The number of hydrogen-bond donors (Lipinski definition) is 1. The smallest absolute Gasteiger partial charge is 0.303 e. The molecule has 0 aliphatic carbocycles. The molecule has 15 heavy (non-hydrogen) atoms. The highest BCUT2D eigenvalue weighted by Gasteiger charge is 2.21. The van der Waals surface area contributed by atoms with E-state index in [-0.39, 0.29) is 6.42 Å². The van der Waals surface area contributed by atoms with E-state index in [0.717, 1.165) is 18.7 Å². The summed E-state index contributed by atoms with van der Waals surface area (Å²) in [5.74, 6) is -0.0226. The average molecular weight is 211 g/mol. The lowest BCUT2D eigenvalue weighted by Gasteiger charge is -1.99. The van der Waals surface area contributed by atoms with Crippen LogP contribution in [0.2, 0.25) is 0 Å². The van der Waals surface area contributed by atoms with Gasteiger partial charge < -0.3 is 14.3 Å². The molecule has 1 aliphatic heterocycles. The van der Waals surface area contributed by atoms with E-state index in [2.05, 4.69) is 4.98 Å². The predicted octanol–water partition coefficient (Wildman–Crippen LogP) is 1.20. The highest BCUT2D eigenvalue weighted by molar-refractivity contribution is 5.66. The van der Waals surface area contributed by atoms with Gasteiger partial charge in [0.15, 0.2) is 5.89 Å². The van der Waals surface area contributed by atoms with Gasteiger partial charge in [-0.3, -0.25) is 4.79 Å². The third kappa shape index (κ3) is 2.56. The van der Waals surface area contributed by atoms with Crippen LogP contribution in [-0.4, -0.2) is 29.3 Å². The number of ether oxygens (including phenoxy) is 1. The average Bonchev–Trinajstić information content (AvgIpc) is 2.85. The Morgan fingerprint density at radius 1 is 1.67 bits per heavy atom. The lowest BCUT2D eigenvalue weighted by Crippen LogP contribution is -2.00. The van der Waals surface area contributed by atoms with Crippen LogP contribution in [0.4, 0.5) is 0 Å². The highest BCUT2D eigenvalue weighted by atomic mass is 16.5. The van der Waals surface area contributed by atoms with Gasteiger partial charge in [0.25, 0.3) is 0 Å². The second-order valence-corrected chi connectivity index (χ2v) is 3.62. The molecule has 0 aromatic carbocycles. The van der Waals surface area contributed by atoms with E-state index in [1.807, 2.05) is 0 Å². The minimum absolute atomic E-state index is 0.0567. The molecule has 1 aromatic heterocycles. The maximum atomic E-state index is 10.3. The Kier molecular flexibility index (Phi) is 3.01. The fourth-order valence-corrected chi connectivity index (χ4v) is 1.61. The van der Waals surface area contributed by atoms with Crippen LogP contribution in [0.25, 0.3) is 0 Å². The van der Waals surface area contributed by atoms with Crippen LogP contribution < -0.4 is 0 Å². The quantitative estimate of drug-likeness (QED) is 0.810. The summed E-state index contributed by atoms with van der Waals surface area (Å²) in [5.41, 5.74) is 0.882. The SMILES string of the molecule is O=C(O)CCc1nc(C2CCOC2)co1. The number of rotatable bonds is 4. The van der Waals surface area contributed by atoms with E-state index in [1.165, 1.54) is 0 Å². The van der Waals surface area contributed by atoms with Gasteiger partial charge in [0.2, 0.25) is 0 Å². The molecule has 0 bridgehead atoms. The van der Waals surface area contributed by atoms with Crippen molar-refractivity contribution in [3.8, 4) is 0 Å². The minimum atomic E-state index is -0.834. The lowest BCUT2D eigenvalue weighted by atomic mass is 10.1. The Morgan fingerprint density at radius 2 is 2.53 bits per heavy atom. The van der Waals surface area contributed by atoms with Crippen LogP contribution in [-0.2, 0) is 16.0 Å². The van der Waals surface area contributed by atoms with Crippen LogP contribution >= 0.6 is 0 Å². The van der Waals surface area contributed by atoms with Crippen LogP contribution in [0.3, 0.4) is 0 Å². The van der Waals surface area contributed by atoms with Gasteiger partial charge in [-0.25, -0.2) is 4.98 Å². The fraction of sp³-hybridized carbons (Fsp3) is 0.600. The van der Waals surface area contributed by atoms with Crippen molar-refractivity contribution in [1.82, 2.24) is 4.98 Å². The zero-order valence-electron chi connectivity index (χ0n) is 8.31. The first kappa shape index (κ1) is 10.2. The maximum Gasteiger partial charge on any atom is 0.303 e. The summed E-state index contributed by atoms with van der Waals surface area (Å²) >= 11 is 0. The second kappa shape index (κ2) is 4.44. The van der Waals surface area contributed by atoms with E-state index < -0.39 is 5.97 Å². The third-order valence-electron chi connectivity index (χ3n) is 2.47. The van der Waals surface area contributed by atoms with E-state index in [9.17, 15) is 4.79 Å². The maximum absolute atomic E-state index is 10.3. The zero-order chi connectivity index (χ0) is 10.7. The van der Waals surface area contributed by atoms with E-state index in [4.69, 9.17) is 14.3 Å². The number of aliphatic carboxylic acids is 1. The largest absolute Gasteiger partial charge is 0.481 e. The van der Waals surface area contributed by atoms with Crippen molar-refractivity contribution in [3.05, 3.63) is 17.8 Å². The number of nitrogens with zero attached hydrogens (tertiary/aromatic N) is 1. The monoisotopic (exact) mass is 211 g/mol. The first-order valence-corrected chi connectivity index (χ1v) is 4.99. The molecule has 0 radical (unpaired) electrons. The van der Waals surface area contributed by atoms with Crippen molar-refractivity contribution in [2.75, 3.05) is 13.2 Å². The number of oxazole rings is 1. The summed E-state index contributed by atoms with van der Waals surface area (Å²) in [6, 6.07) is 0. The van der Waals surface area contributed by atoms with Crippen LogP contribution in [0.1, 0.15) is 30.3 Å². The summed E-state index contributed by atoms with van der Waals surface area (Å²) < 4.78 is 10.4. The molecule has 1 fully saturated rings. The Bertz CT molecular complexity index is 341. The molecule has 2 heterocycles. The van der Waals surface area contributed by atoms with Crippen LogP contribution in [0, 0.1) is 0 Å². The highest BCUT2D eigenvalue weighted by Crippen LogP contribution is 2.24. The summed E-state index contributed by atoms with van der Waals surface area (Å²) in [4.78, 5) is 14.6. The molecule has 0 spiro atoms. The number of aryl methyl sites for hydroxylation is 1. The molecular weight excluding hydrogens is 198 g/mol. The van der Waals surface area contributed by atoms with Crippen molar-refractivity contribution in [2.24, 2.45) is 0 Å². The van der Waals surface area contributed by atoms with E-state index in [1.54, 1.807) is 6.26 Å². The number of aromatic nitrogens is 1. The Morgan fingerprint density at radius 3 is 3.20 bits per heavy atom. The number of carbonyl (C=O) groups is 1. The van der Waals surface area contributed by atoms with Crippen LogP contribution in [0.15, 0.2) is 10.7 Å². The minimum Gasteiger partial charge on any atom is -0.481 e. The van der Waals surface area contributed by atoms with Gasteiger partial charge in [-0.05, 0) is 6.42 Å². The van der Waals surface area contributed by atoms with Gasteiger partial charge in [-0.2, -0.15) is 0 Å². The number of carboxylic acids is 1. The van der Waals surface area contributed by atoms with Gasteiger partial charge in [0, 0.05) is 18.9 Å². The second-order valence-electron chi connectivity index (χ2n) is 3.62. The van der Waals surface area contributed by atoms with Gasteiger partial charge in [-0.15, -0.1) is 0 Å². The first-order chi connectivity index (χ1) is 7.25. The van der Waals surface area contributed by atoms with Crippen molar-refractivity contribution in [1.29, 1.82) is 0 Å². The van der Waals surface area contributed by atoms with E-state index in [0.29, 0.717) is 24.8 Å². The molecule has 1 atom stereocenters. The van der Waals surface area contributed by atoms with Gasteiger partial charge in [-0.1, -0.05) is 0 Å². The van der Waals surface area contributed by atoms with Gasteiger partial charge in [0.1, 0.15) is 6.26 Å². The Balaban J connectivity index is 1.94. The molecule has 1 N–H and O–H groups in total. The standard InChI is InChI=1S/C10H13NO4/c12-10(13)2-1-9-11-8(6-15-9)7-3-4-14-5-7/h6-7H,1-5H2,(H,12,13). The lowest BCUT2D eigenvalue weighted by molar-refractivity contribution is -0.137. The molecule has 1 aromatic rings. The van der Waals surface area contributed by atoms with Crippen molar-refractivity contribution < 1.29 is 19.1 Å². The fourth-order valence-electron chi connectivity index (χ4n) is 1.61. The molecule has 1 saturated heterocycles. The molecule has 82 valence electrons. The topological polar surface area (TPSA) is 72.6 Å². The first-order valence-electron chi connectivity index (χ1n) is 4.99. The summed E-state index contributed by atoms with van der Waals surface area (Å²) in [7, 11) is 0.